The molecule has 0 fully saturated rings. The molecular formula is C20H16N2O2. The first-order valence-electron chi connectivity index (χ1n) is 7.89. The fourth-order valence-corrected chi connectivity index (χ4v) is 3.11. The van der Waals surface area contributed by atoms with Crippen molar-refractivity contribution in [3.63, 3.8) is 0 Å². The average molecular weight is 316 g/mol. The van der Waals surface area contributed by atoms with Crippen LogP contribution in [0.1, 0.15) is 20.7 Å². The molecule has 1 atom stereocenters. The molecule has 2 heterocycles. The molecule has 24 heavy (non-hydrogen) atoms. The summed E-state index contributed by atoms with van der Waals surface area (Å²) in [7, 11) is 0. The lowest BCUT2D eigenvalue weighted by molar-refractivity contribution is 0.0617. The van der Waals surface area contributed by atoms with E-state index in [0.29, 0.717) is 23.4 Å². The maximum absolute atomic E-state index is 12.8. The zero-order chi connectivity index (χ0) is 16.5. The Bertz CT molecular complexity index is 840. The third kappa shape index (κ3) is 2.33. The summed E-state index contributed by atoms with van der Waals surface area (Å²) in [6.45, 7) is 0.600. The van der Waals surface area contributed by atoms with Crippen molar-refractivity contribution in [3.8, 4) is 0 Å². The van der Waals surface area contributed by atoms with Gasteiger partial charge < -0.3 is 0 Å². The van der Waals surface area contributed by atoms with Gasteiger partial charge in [0.05, 0.1) is 6.54 Å². The number of carbonyl (C=O) groups excluding carboxylic acids is 2. The molecule has 2 aromatic rings. The highest BCUT2D eigenvalue weighted by atomic mass is 16.1. The van der Waals surface area contributed by atoms with E-state index in [1.165, 1.54) is 0 Å². The molecule has 2 aliphatic heterocycles. The van der Waals surface area contributed by atoms with Gasteiger partial charge in [-0.3, -0.25) is 19.6 Å². The van der Waals surface area contributed by atoms with Crippen LogP contribution in [0.2, 0.25) is 0 Å². The third-order valence-electron chi connectivity index (χ3n) is 4.29. The van der Waals surface area contributed by atoms with Gasteiger partial charge in [-0.2, -0.15) is 0 Å². The number of allylic oxidation sites excluding steroid dienone is 1. The fourth-order valence-electron chi connectivity index (χ4n) is 3.11. The first kappa shape index (κ1) is 14.5. The van der Waals surface area contributed by atoms with Crippen LogP contribution in [0.15, 0.2) is 84.7 Å². The third-order valence-corrected chi connectivity index (χ3v) is 4.29. The van der Waals surface area contributed by atoms with Gasteiger partial charge in [0.1, 0.15) is 11.7 Å². The SMILES string of the molecule is O=C(C1=CC(C(=O)c2ccccc2)N2C=CCN12)c1ccccc1. The summed E-state index contributed by atoms with van der Waals surface area (Å²) >= 11 is 0. The van der Waals surface area contributed by atoms with E-state index in [1.54, 1.807) is 30.3 Å². The number of hydrogen-bond donors (Lipinski definition) is 0. The van der Waals surface area contributed by atoms with Crippen molar-refractivity contribution in [1.82, 2.24) is 10.0 Å². The molecule has 0 N–H and O–H groups in total. The Morgan fingerprint density at radius 3 is 2.17 bits per heavy atom. The molecule has 2 aromatic carbocycles. The summed E-state index contributed by atoms with van der Waals surface area (Å²) in [6.07, 6.45) is 5.60. The predicted octanol–water partition coefficient (Wildman–Crippen LogP) is 3.06. The van der Waals surface area contributed by atoms with Crippen LogP contribution in [0.4, 0.5) is 0 Å². The van der Waals surface area contributed by atoms with Crippen LogP contribution >= 0.6 is 0 Å². The standard InChI is InChI=1S/C20H16N2O2/c23-19(15-8-3-1-4-9-15)17-14-18(22-13-7-12-21(17)22)20(24)16-10-5-2-6-11-16/h1-12,14,17H,13H2. The van der Waals surface area contributed by atoms with Gasteiger partial charge in [0.15, 0.2) is 5.78 Å². The van der Waals surface area contributed by atoms with Crippen LogP contribution in [-0.2, 0) is 0 Å². The molecule has 0 saturated heterocycles. The quantitative estimate of drug-likeness (QED) is 0.813. The van der Waals surface area contributed by atoms with Crippen LogP contribution in [0, 0.1) is 0 Å². The normalized spacial score (nSPS) is 18.5. The highest BCUT2D eigenvalue weighted by molar-refractivity contribution is 6.10. The Labute approximate surface area is 140 Å². The zero-order valence-electron chi connectivity index (χ0n) is 13.0. The molecule has 0 aromatic heterocycles. The maximum atomic E-state index is 12.8. The minimum absolute atomic E-state index is 0.0111. The van der Waals surface area contributed by atoms with E-state index in [2.05, 4.69) is 0 Å². The van der Waals surface area contributed by atoms with Crippen molar-refractivity contribution in [1.29, 1.82) is 0 Å². The fraction of sp³-hybridized carbons (Fsp3) is 0.100. The molecule has 4 nitrogen and oxygen atoms in total. The Morgan fingerprint density at radius 2 is 1.50 bits per heavy atom. The van der Waals surface area contributed by atoms with Gasteiger partial charge in [-0.15, -0.1) is 0 Å². The van der Waals surface area contributed by atoms with Gasteiger partial charge in [0, 0.05) is 17.3 Å². The number of nitrogens with zero attached hydrogens (tertiary/aromatic N) is 2. The molecule has 0 amide bonds. The van der Waals surface area contributed by atoms with Crippen molar-refractivity contribution in [2.45, 2.75) is 6.04 Å². The predicted molar refractivity (Wildman–Crippen MR) is 91.1 cm³/mol. The molecule has 0 aliphatic carbocycles. The topological polar surface area (TPSA) is 40.6 Å². The van der Waals surface area contributed by atoms with Crippen LogP contribution < -0.4 is 0 Å². The molecule has 0 bridgehead atoms. The van der Waals surface area contributed by atoms with E-state index in [-0.39, 0.29) is 11.6 Å². The number of rotatable bonds is 4. The van der Waals surface area contributed by atoms with E-state index in [1.807, 2.05) is 58.7 Å². The van der Waals surface area contributed by atoms with Crippen molar-refractivity contribution >= 4 is 11.6 Å². The number of hydrogen-bond acceptors (Lipinski definition) is 4. The smallest absolute Gasteiger partial charge is 0.210 e. The summed E-state index contributed by atoms with van der Waals surface area (Å²) in [5, 5.41) is 3.70. The lowest BCUT2D eigenvalue weighted by Crippen LogP contribution is -2.39. The highest BCUT2D eigenvalue weighted by Crippen LogP contribution is 2.30. The Hall–Kier alpha value is -3.14. The van der Waals surface area contributed by atoms with Gasteiger partial charge in [-0.1, -0.05) is 60.7 Å². The zero-order valence-corrected chi connectivity index (χ0v) is 13.0. The molecule has 4 heteroatoms. The van der Waals surface area contributed by atoms with E-state index in [9.17, 15) is 9.59 Å². The van der Waals surface area contributed by atoms with Crippen molar-refractivity contribution in [2.75, 3.05) is 6.54 Å². The molecule has 4 rings (SSSR count). The monoisotopic (exact) mass is 316 g/mol. The molecule has 118 valence electrons. The van der Waals surface area contributed by atoms with Crippen LogP contribution in [0.5, 0.6) is 0 Å². The highest BCUT2D eigenvalue weighted by Gasteiger charge is 2.39. The van der Waals surface area contributed by atoms with Gasteiger partial charge in [0.2, 0.25) is 5.78 Å². The first-order chi connectivity index (χ1) is 11.8. The molecule has 1 unspecified atom stereocenters. The summed E-state index contributed by atoms with van der Waals surface area (Å²) in [6, 6.07) is 17.9. The van der Waals surface area contributed by atoms with Crippen LogP contribution in [0.25, 0.3) is 0 Å². The van der Waals surface area contributed by atoms with Gasteiger partial charge in [-0.05, 0) is 12.2 Å². The Balaban J connectivity index is 1.68. The van der Waals surface area contributed by atoms with E-state index >= 15 is 0 Å². The van der Waals surface area contributed by atoms with Crippen molar-refractivity contribution in [2.24, 2.45) is 0 Å². The molecule has 0 saturated carbocycles. The lowest BCUT2D eigenvalue weighted by Gasteiger charge is -2.28. The summed E-state index contributed by atoms with van der Waals surface area (Å²) < 4.78 is 0. The molecule has 0 spiro atoms. The van der Waals surface area contributed by atoms with Crippen LogP contribution in [-0.4, -0.2) is 34.2 Å². The van der Waals surface area contributed by atoms with Gasteiger partial charge in [0.25, 0.3) is 0 Å². The number of Topliss-reactive ketones (excluding diaryl/α,β-unsaturated/α-hetero) is 2. The maximum Gasteiger partial charge on any atom is 0.210 e. The minimum atomic E-state index is -0.478. The van der Waals surface area contributed by atoms with Gasteiger partial charge in [-0.25, -0.2) is 0 Å². The second kappa shape index (κ2) is 5.81. The van der Waals surface area contributed by atoms with Crippen molar-refractivity contribution < 1.29 is 9.59 Å². The lowest BCUT2D eigenvalue weighted by atomic mass is 10.0. The summed E-state index contributed by atoms with van der Waals surface area (Å²) in [5.74, 6) is -0.0735. The average Bonchev–Trinajstić information content (AvgIpc) is 3.24. The number of benzene rings is 2. The number of hydrazine groups is 1. The Kier molecular flexibility index (Phi) is 3.50. The first-order valence-corrected chi connectivity index (χ1v) is 7.89. The Morgan fingerprint density at radius 1 is 0.875 bits per heavy atom. The van der Waals surface area contributed by atoms with E-state index < -0.39 is 6.04 Å². The largest absolute Gasteiger partial charge is 0.291 e. The van der Waals surface area contributed by atoms with Crippen LogP contribution in [0.3, 0.4) is 0 Å². The van der Waals surface area contributed by atoms with Gasteiger partial charge >= 0.3 is 0 Å². The second-order valence-corrected chi connectivity index (χ2v) is 5.77. The van der Waals surface area contributed by atoms with Crippen molar-refractivity contribution in [3.05, 3.63) is 95.8 Å². The summed E-state index contributed by atoms with van der Waals surface area (Å²) in [5.41, 5.74) is 1.83. The molecule has 0 radical (unpaired) electrons. The summed E-state index contributed by atoms with van der Waals surface area (Å²) in [4.78, 5) is 25.7. The van der Waals surface area contributed by atoms with E-state index in [4.69, 9.17) is 0 Å². The molecule has 2 aliphatic rings. The molecular weight excluding hydrogens is 300 g/mol. The second-order valence-electron chi connectivity index (χ2n) is 5.77. The minimum Gasteiger partial charge on any atom is -0.291 e. The van der Waals surface area contributed by atoms with E-state index in [0.717, 1.165) is 0 Å². The number of ketones is 2. The number of fused-ring (bicyclic) bond motifs is 1. The number of carbonyl (C=O) groups is 2.